The highest BCUT2D eigenvalue weighted by atomic mass is 32.2. The number of aryl methyl sites for hydroxylation is 1. The van der Waals surface area contributed by atoms with E-state index < -0.39 is 0 Å². The van der Waals surface area contributed by atoms with Crippen LogP contribution in [0.1, 0.15) is 11.1 Å². The first-order valence-corrected chi connectivity index (χ1v) is 11.3. The number of carbonyl (C=O) groups excluding carboxylic acids is 2. The highest BCUT2D eigenvalue weighted by molar-refractivity contribution is 8.00. The Bertz CT molecular complexity index is 756. The van der Waals surface area contributed by atoms with Crippen LogP contribution in [0.15, 0.2) is 41.1 Å². The molecular weight excluding hydrogens is 378 g/mol. The topological polar surface area (TPSA) is 53.9 Å². The molecule has 5 nitrogen and oxygen atoms in total. The Hall–Kier alpha value is -1.83. The van der Waals surface area contributed by atoms with E-state index in [4.69, 9.17) is 0 Å². The summed E-state index contributed by atoms with van der Waals surface area (Å²) >= 11 is 3.12. The van der Waals surface area contributed by atoms with Crippen LogP contribution in [0.25, 0.3) is 0 Å². The van der Waals surface area contributed by atoms with E-state index in [2.05, 4.69) is 22.1 Å². The minimum atomic E-state index is -0.0663. The summed E-state index contributed by atoms with van der Waals surface area (Å²) in [6, 6.07) is 9.89. The van der Waals surface area contributed by atoms with Gasteiger partial charge in [0.2, 0.25) is 11.8 Å². The Morgan fingerprint density at radius 2 is 2.04 bits per heavy atom. The maximum Gasteiger partial charge on any atom is 0.234 e. The SMILES string of the molecule is Cc1cccc(NC(=O)CSCC(=O)N2CC[NH+](Cc3ccsc3)CC2)c1. The van der Waals surface area contributed by atoms with Crippen molar-refractivity contribution in [1.29, 1.82) is 0 Å². The number of hydrogen-bond donors (Lipinski definition) is 2. The summed E-state index contributed by atoms with van der Waals surface area (Å²) in [5.74, 6) is 0.728. The first-order valence-electron chi connectivity index (χ1n) is 9.17. The van der Waals surface area contributed by atoms with Gasteiger partial charge in [0.15, 0.2) is 0 Å². The van der Waals surface area contributed by atoms with Gasteiger partial charge in [-0.2, -0.15) is 11.3 Å². The standard InChI is InChI=1S/C20H25N3O2S2/c1-16-3-2-4-18(11-16)21-19(24)14-27-15-20(25)23-8-6-22(7-9-23)12-17-5-10-26-13-17/h2-5,10-11,13H,6-9,12,14-15H2,1H3,(H,21,24)/p+1. The number of nitrogens with zero attached hydrogens (tertiary/aromatic N) is 1. The molecule has 1 fully saturated rings. The van der Waals surface area contributed by atoms with Crippen LogP contribution >= 0.6 is 23.1 Å². The Morgan fingerprint density at radius 3 is 2.74 bits per heavy atom. The summed E-state index contributed by atoms with van der Waals surface area (Å²) in [5.41, 5.74) is 3.29. The van der Waals surface area contributed by atoms with Crippen LogP contribution in [-0.4, -0.2) is 54.4 Å². The van der Waals surface area contributed by atoms with Gasteiger partial charge in [-0.1, -0.05) is 12.1 Å². The highest BCUT2D eigenvalue weighted by Crippen LogP contribution is 2.11. The van der Waals surface area contributed by atoms with Crippen molar-refractivity contribution in [3.05, 3.63) is 52.2 Å². The number of thiophene rings is 1. The third kappa shape index (κ3) is 6.37. The number of piperazine rings is 1. The second-order valence-electron chi connectivity index (χ2n) is 6.85. The summed E-state index contributed by atoms with van der Waals surface area (Å²) in [7, 11) is 0. The molecular formula is C20H26N3O2S2+. The lowest BCUT2D eigenvalue weighted by atomic mass is 10.2. The summed E-state index contributed by atoms with van der Waals surface area (Å²) in [6.45, 7) is 6.60. The molecule has 0 radical (unpaired) electrons. The van der Waals surface area contributed by atoms with Crippen LogP contribution < -0.4 is 10.2 Å². The minimum absolute atomic E-state index is 0.0663. The number of nitrogens with one attached hydrogen (secondary N) is 2. The van der Waals surface area contributed by atoms with E-state index in [1.54, 1.807) is 11.3 Å². The molecule has 1 aliphatic heterocycles. The Kier molecular flexibility index (Phi) is 7.32. The molecule has 1 aliphatic rings. The molecule has 7 heteroatoms. The predicted molar refractivity (Wildman–Crippen MR) is 112 cm³/mol. The Morgan fingerprint density at radius 1 is 1.22 bits per heavy atom. The van der Waals surface area contributed by atoms with Crippen molar-refractivity contribution in [2.75, 3.05) is 43.0 Å². The molecule has 1 saturated heterocycles. The largest absolute Gasteiger partial charge is 0.331 e. The zero-order valence-corrected chi connectivity index (χ0v) is 17.2. The fourth-order valence-electron chi connectivity index (χ4n) is 3.17. The second kappa shape index (κ2) is 9.92. The van der Waals surface area contributed by atoms with Crippen molar-refractivity contribution in [3.63, 3.8) is 0 Å². The van der Waals surface area contributed by atoms with Gasteiger partial charge < -0.3 is 15.1 Å². The van der Waals surface area contributed by atoms with Crippen LogP contribution in [0.3, 0.4) is 0 Å². The number of carbonyl (C=O) groups is 2. The molecule has 0 saturated carbocycles. The first-order chi connectivity index (χ1) is 13.1. The number of rotatable bonds is 7. The van der Waals surface area contributed by atoms with Gasteiger partial charge in [-0.15, -0.1) is 11.8 Å². The number of thioether (sulfide) groups is 1. The molecule has 0 atom stereocenters. The van der Waals surface area contributed by atoms with Crippen molar-refractivity contribution in [1.82, 2.24) is 4.90 Å². The van der Waals surface area contributed by atoms with E-state index in [0.717, 1.165) is 44.0 Å². The Balaban J connectivity index is 1.33. The molecule has 144 valence electrons. The number of quaternary nitrogens is 1. The highest BCUT2D eigenvalue weighted by Gasteiger charge is 2.23. The summed E-state index contributed by atoms with van der Waals surface area (Å²) in [6.07, 6.45) is 0. The summed E-state index contributed by atoms with van der Waals surface area (Å²) < 4.78 is 0. The molecule has 0 unspecified atom stereocenters. The summed E-state index contributed by atoms with van der Waals surface area (Å²) in [5, 5.41) is 7.18. The van der Waals surface area contributed by atoms with Gasteiger partial charge >= 0.3 is 0 Å². The molecule has 1 aromatic carbocycles. The molecule has 2 N–H and O–H groups in total. The van der Waals surface area contributed by atoms with Crippen molar-refractivity contribution in [2.24, 2.45) is 0 Å². The second-order valence-corrected chi connectivity index (χ2v) is 8.62. The van der Waals surface area contributed by atoms with E-state index in [-0.39, 0.29) is 11.8 Å². The minimum Gasteiger partial charge on any atom is -0.331 e. The lowest BCUT2D eigenvalue weighted by Gasteiger charge is -2.32. The van der Waals surface area contributed by atoms with Gasteiger partial charge in [-0.25, -0.2) is 0 Å². The fourth-order valence-corrected chi connectivity index (χ4v) is 4.56. The van der Waals surface area contributed by atoms with E-state index in [9.17, 15) is 9.59 Å². The number of amides is 2. The monoisotopic (exact) mass is 404 g/mol. The molecule has 2 amide bonds. The van der Waals surface area contributed by atoms with Crippen LogP contribution in [0, 0.1) is 6.92 Å². The predicted octanol–water partition coefficient (Wildman–Crippen LogP) is 1.66. The molecule has 1 aromatic heterocycles. The van der Waals surface area contributed by atoms with E-state index >= 15 is 0 Å². The molecule has 27 heavy (non-hydrogen) atoms. The number of hydrogen-bond acceptors (Lipinski definition) is 4. The van der Waals surface area contributed by atoms with Gasteiger partial charge in [-0.05, 0) is 41.4 Å². The number of anilines is 1. The Labute approximate surface area is 168 Å². The van der Waals surface area contributed by atoms with Crippen LogP contribution in [0.4, 0.5) is 5.69 Å². The average molecular weight is 405 g/mol. The maximum absolute atomic E-state index is 12.4. The lowest BCUT2D eigenvalue weighted by molar-refractivity contribution is -0.917. The quantitative estimate of drug-likeness (QED) is 0.738. The molecule has 3 rings (SSSR count). The van der Waals surface area contributed by atoms with Crippen molar-refractivity contribution in [3.8, 4) is 0 Å². The third-order valence-corrected chi connectivity index (χ3v) is 6.27. The van der Waals surface area contributed by atoms with Gasteiger partial charge in [0.05, 0.1) is 37.7 Å². The molecule has 0 bridgehead atoms. The van der Waals surface area contributed by atoms with E-state index in [0.29, 0.717) is 11.5 Å². The zero-order chi connectivity index (χ0) is 19.1. The maximum atomic E-state index is 12.4. The normalized spacial score (nSPS) is 14.9. The van der Waals surface area contributed by atoms with Gasteiger partial charge in [0.25, 0.3) is 0 Å². The molecule has 2 heterocycles. The van der Waals surface area contributed by atoms with Crippen molar-refractivity contribution < 1.29 is 14.5 Å². The third-order valence-electron chi connectivity index (χ3n) is 4.62. The lowest BCUT2D eigenvalue weighted by Crippen LogP contribution is -3.13. The zero-order valence-electron chi connectivity index (χ0n) is 15.6. The van der Waals surface area contributed by atoms with Crippen LogP contribution in [0.5, 0.6) is 0 Å². The van der Waals surface area contributed by atoms with E-state index in [1.807, 2.05) is 36.1 Å². The first kappa shape index (κ1) is 19.9. The van der Waals surface area contributed by atoms with Gasteiger partial charge in [-0.3, -0.25) is 9.59 Å². The molecule has 0 spiro atoms. The average Bonchev–Trinajstić information content (AvgIpc) is 3.15. The summed E-state index contributed by atoms with van der Waals surface area (Å²) in [4.78, 5) is 27.9. The van der Waals surface area contributed by atoms with Crippen molar-refractivity contribution >= 4 is 40.6 Å². The molecule has 0 aliphatic carbocycles. The fraction of sp³-hybridized carbons (Fsp3) is 0.400. The van der Waals surface area contributed by atoms with Crippen molar-refractivity contribution in [2.45, 2.75) is 13.5 Å². The smallest absolute Gasteiger partial charge is 0.234 e. The van der Waals surface area contributed by atoms with Gasteiger partial charge in [0.1, 0.15) is 6.54 Å². The van der Waals surface area contributed by atoms with Gasteiger partial charge in [0, 0.05) is 11.3 Å². The molecule has 2 aromatic rings. The van der Waals surface area contributed by atoms with E-state index in [1.165, 1.54) is 22.2 Å². The van der Waals surface area contributed by atoms with Crippen LogP contribution in [0.2, 0.25) is 0 Å². The van der Waals surface area contributed by atoms with Crippen LogP contribution in [-0.2, 0) is 16.1 Å². The number of benzene rings is 1.